The number of fused-ring (bicyclic) bond motifs is 2. The lowest BCUT2D eigenvalue weighted by atomic mass is 10.3. The molecule has 3 heterocycles. The van der Waals surface area contributed by atoms with Crippen molar-refractivity contribution in [1.82, 2.24) is 24.5 Å². The van der Waals surface area contributed by atoms with Crippen molar-refractivity contribution < 1.29 is 4.42 Å². The van der Waals surface area contributed by atoms with Gasteiger partial charge in [0.1, 0.15) is 11.8 Å². The van der Waals surface area contributed by atoms with Gasteiger partial charge in [0, 0.05) is 20.1 Å². The van der Waals surface area contributed by atoms with Crippen LogP contribution in [0, 0.1) is 0 Å². The van der Waals surface area contributed by atoms with E-state index >= 15 is 0 Å². The van der Waals surface area contributed by atoms with Gasteiger partial charge in [-0.05, 0) is 12.1 Å². The molecule has 0 saturated carbocycles. The molecule has 3 aromatic heterocycles. The van der Waals surface area contributed by atoms with Crippen molar-refractivity contribution in [3.63, 3.8) is 0 Å². The van der Waals surface area contributed by atoms with E-state index in [2.05, 4.69) is 19.9 Å². The van der Waals surface area contributed by atoms with E-state index < -0.39 is 0 Å². The summed E-state index contributed by atoms with van der Waals surface area (Å²) in [7, 11) is 1.91. The quantitative estimate of drug-likeness (QED) is 0.612. The van der Waals surface area contributed by atoms with Crippen molar-refractivity contribution in [3.8, 4) is 0 Å². The van der Waals surface area contributed by atoms with Crippen LogP contribution in [0.4, 0.5) is 5.82 Å². The van der Waals surface area contributed by atoms with Crippen LogP contribution in [0.2, 0.25) is 0 Å². The van der Waals surface area contributed by atoms with Crippen LogP contribution >= 0.6 is 0 Å². The van der Waals surface area contributed by atoms with Gasteiger partial charge < -0.3 is 14.3 Å². The molecule has 0 bridgehead atoms. The molecule has 0 atom stereocenters. The second kappa shape index (κ2) is 5.24. The smallest absolute Gasteiger partial charge is 0.408 e. The summed E-state index contributed by atoms with van der Waals surface area (Å²) >= 11 is 0. The fraction of sp³-hybridized carbons (Fsp3) is 0.200. The first-order valence-electron chi connectivity index (χ1n) is 7.17. The molecule has 4 aromatic rings. The second-order valence-corrected chi connectivity index (χ2v) is 5.21. The Balaban J connectivity index is 1.62. The summed E-state index contributed by atoms with van der Waals surface area (Å²) < 4.78 is 6.86. The summed E-state index contributed by atoms with van der Waals surface area (Å²) in [6.07, 6.45) is 3.07. The van der Waals surface area contributed by atoms with Gasteiger partial charge in [0.05, 0.1) is 11.8 Å². The molecule has 0 radical (unpaired) electrons. The first-order chi connectivity index (χ1) is 11.2. The fourth-order valence-corrected chi connectivity index (χ4v) is 2.62. The molecule has 116 valence electrons. The number of benzene rings is 1. The summed E-state index contributed by atoms with van der Waals surface area (Å²) in [5, 5.41) is 0. The molecular weight excluding hydrogens is 296 g/mol. The highest BCUT2D eigenvalue weighted by molar-refractivity contribution is 5.82. The third-order valence-electron chi connectivity index (χ3n) is 3.80. The van der Waals surface area contributed by atoms with E-state index in [0.717, 1.165) is 16.9 Å². The zero-order valence-corrected chi connectivity index (χ0v) is 12.4. The number of hydrogen-bond acceptors (Lipinski definition) is 6. The van der Waals surface area contributed by atoms with Crippen molar-refractivity contribution >= 4 is 28.1 Å². The normalized spacial score (nSPS) is 11.3. The molecule has 8 nitrogen and oxygen atoms in total. The van der Waals surface area contributed by atoms with Crippen LogP contribution in [0.5, 0.6) is 0 Å². The highest BCUT2D eigenvalue weighted by atomic mass is 16.4. The molecular formula is C15H14N6O2. The van der Waals surface area contributed by atoms with E-state index in [1.807, 2.05) is 30.1 Å². The number of para-hydroxylation sites is 2. The maximum atomic E-state index is 12.0. The highest BCUT2D eigenvalue weighted by Crippen LogP contribution is 2.18. The zero-order chi connectivity index (χ0) is 15.8. The van der Waals surface area contributed by atoms with Crippen molar-refractivity contribution in [2.75, 3.05) is 18.5 Å². The second-order valence-electron chi connectivity index (χ2n) is 5.21. The monoisotopic (exact) mass is 310 g/mol. The Morgan fingerprint density at radius 1 is 1.26 bits per heavy atom. The number of rotatable bonds is 4. The number of H-pyrrole nitrogens is 1. The number of imidazole rings is 1. The number of oxazole rings is 1. The van der Waals surface area contributed by atoms with Crippen LogP contribution in [0.25, 0.3) is 22.3 Å². The molecule has 0 amide bonds. The van der Waals surface area contributed by atoms with E-state index in [1.54, 1.807) is 17.0 Å². The number of aromatic amines is 1. The van der Waals surface area contributed by atoms with Gasteiger partial charge in [0.2, 0.25) is 0 Å². The molecule has 0 aliphatic heterocycles. The number of anilines is 1. The van der Waals surface area contributed by atoms with E-state index in [9.17, 15) is 4.79 Å². The molecule has 23 heavy (non-hydrogen) atoms. The Hall–Kier alpha value is -3.16. The minimum Gasteiger partial charge on any atom is -0.408 e. The van der Waals surface area contributed by atoms with Crippen molar-refractivity contribution in [2.45, 2.75) is 6.54 Å². The van der Waals surface area contributed by atoms with Crippen molar-refractivity contribution in [2.24, 2.45) is 0 Å². The Labute approximate surface area is 130 Å². The molecule has 0 spiro atoms. The number of nitrogens with zero attached hydrogens (tertiary/aromatic N) is 5. The van der Waals surface area contributed by atoms with Gasteiger partial charge in [-0.15, -0.1) is 0 Å². The third kappa shape index (κ3) is 2.24. The molecule has 0 saturated heterocycles. The molecule has 1 N–H and O–H groups in total. The maximum Gasteiger partial charge on any atom is 0.420 e. The molecule has 0 aliphatic carbocycles. The predicted molar refractivity (Wildman–Crippen MR) is 85.4 cm³/mol. The molecule has 1 aromatic carbocycles. The van der Waals surface area contributed by atoms with Crippen LogP contribution in [-0.2, 0) is 6.54 Å². The average molecular weight is 310 g/mol. The SMILES string of the molecule is CN(CCn1c(=O)oc2ccccc21)c1ncnc2nc[nH]c12. The van der Waals surface area contributed by atoms with Crippen LogP contribution < -0.4 is 10.7 Å². The van der Waals surface area contributed by atoms with Crippen LogP contribution in [0.3, 0.4) is 0 Å². The standard InChI is InChI=1S/C15H14N6O2/c1-20(14-12-13(17-8-16-12)18-9-19-14)6-7-21-10-4-2-3-5-11(10)23-15(21)22/h2-5,8-9H,6-7H2,1H3,(H,16,17,18,19). The van der Waals surface area contributed by atoms with Gasteiger partial charge in [0.15, 0.2) is 17.0 Å². The lowest BCUT2D eigenvalue weighted by Gasteiger charge is -2.18. The maximum absolute atomic E-state index is 12.0. The summed E-state index contributed by atoms with van der Waals surface area (Å²) in [6.45, 7) is 1.08. The van der Waals surface area contributed by atoms with Crippen LogP contribution in [-0.4, -0.2) is 38.1 Å². The lowest BCUT2D eigenvalue weighted by Crippen LogP contribution is -2.27. The van der Waals surface area contributed by atoms with Gasteiger partial charge >= 0.3 is 5.76 Å². The minimum absolute atomic E-state index is 0.353. The first kappa shape index (κ1) is 13.5. The van der Waals surface area contributed by atoms with Gasteiger partial charge in [0.25, 0.3) is 0 Å². The molecule has 0 unspecified atom stereocenters. The van der Waals surface area contributed by atoms with Crippen molar-refractivity contribution in [3.05, 3.63) is 47.5 Å². The van der Waals surface area contributed by atoms with Crippen LogP contribution in [0.15, 0.2) is 46.1 Å². The molecule has 0 fully saturated rings. The first-order valence-corrected chi connectivity index (χ1v) is 7.17. The predicted octanol–water partition coefficient (Wildman–Crippen LogP) is 1.40. The number of aromatic nitrogens is 5. The average Bonchev–Trinajstić information content (AvgIpc) is 3.16. The Morgan fingerprint density at radius 3 is 3.04 bits per heavy atom. The molecule has 4 rings (SSSR count). The molecule has 0 aliphatic rings. The van der Waals surface area contributed by atoms with E-state index in [4.69, 9.17) is 4.42 Å². The van der Waals surface area contributed by atoms with E-state index in [-0.39, 0.29) is 5.76 Å². The lowest BCUT2D eigenvalue weighted by molar-refractivity contribution is 0.505. The Morgan fingerprint density at radius 2 is 2.13 bits per heavy atom. The van der Waals surface area contributed by atoms with Gasteiger partial charge in [-0.1, -0.05) is 12.1 Å². The zero-order valence-electron chi connectivity index (χ0n) is 12.4. The largest absolute Gasteiger partial charge is 0.420 e. The van der Waals surface area contributed by atoms with E-state index in [0.29, 0.717) is 24.3 Å². The van der Waals surface area contributed by atoms with Gasteiger partial charge in [-0.3, -0.25) is 4.57 Å². The number of hydrogen-bond donors (Lipinski definition) is 1. The van der Waals surface area contributed by atoms with Crippen molar-refractivity contribution in [1.29, 1.82) is 0 Å². The Kier molecular flexibility index (Phi) is 3.07. The topological polar surface area (TPSA) is 92.8 Å². The van der Waals surface area contributed by atoms with Crippen LogP contribution in [0.1, 0.15) is 0 Å². The number of likely N-dealkylation sites (N-methyl/N-ethyl adjacent to an activating group) is 1. The summed E-state index contributed by atoms with van der Waals surface area (Å²) in [5.41, 5.74) is 2.78. The Bertz CT molecular complexity index is 1030. The summed E-state index contributed by atoms with van der Waals surface area (Å²) in [5.74, 6) is 0.391. The summed E-state index contributed by atoms with van der Waals surface area (Å²) in [6, 6.07) is 7.39. The minimum atomic E-state index is -0.353. The summed E-state index contributed by atoms with van der Waals surface area (Å²) in [4.78, 5) is 29.5. The molecule has 8 heteroatoms. The highest BCUT2D eigenvalue weighted by Gasteiger charge is 2.13. The van der Waals surface area contributed by atoms with Gasteiger partial charge in [-0.2, -0.15) is 0 Å². The van der Waals surface area contributed by atoms with Gasteiger partial charge in [-0.25, -0.2) is 19.7 Å². The fourth-order valence-electron chi connectivity index (χ4n) is 2.62. The van der Waals surface area contributed by atoms with E-state index in [1.165, 1.54) is 6.33 Å². The third-order valence-corrected chi connectivity index (χ3v) is 3.80. The number of nitrogens with one attached hydrogen (secondary N) is 1.